The highest BCUT2D eigenvalue weighted by Crippen LogP contribution is 2.14. The Kier molecular flexibility index (Phi) is 7.85. The van der Waals surface area contributed by atoms with E-state index in [1.54, 1.807) is 18.6 Å². The number of rotatable bonds is 2. The zero-order valence-corrected chi connectivity index (χ0v) is 14.1. The first-order valence-corrected chi connectivity index (χ1v) is 7.38. The van der Waals surface area contributed by atoms with Crippen LogP contribution in [0.25, 0.3) is 0 Å². The molecule has 8 heteroatoms. The number of hydrogen-bond donors (Lipinski definition) is 1. The molecule has 0 bridgehead atoms. The van der Waals surface area contributed by atoms with Crippen molar-refractivity contribution < 1.29 is 4.79 Å². The minimum Gasteiger partial charge on any atom is -0.352 e. The molecule has 6 nitrogen and oxygen atoms in total. The molecular formula is C14H23Cl2N5O. The molecule has 1 aromatic heterocycles. The number of carbonyl (C=O) groups is 1. The summed E-state index contributed by atoms with van der Waals surface area (Å²) in [7, 11) is 0. The Morgan fingerprint density at radius 1 is 1.14 bits per heavy atom. The molecule has 0 spiro atoms. The number of nitrogens with zero attached hydrogens (tertiary/aromatic N) is 4. The molecule has 1 atom stereocenters. The molecule has 0 saturated carbocycles. The number of aromatic nitrogens is 2. The van der Waals surface area contributed by atoms with Crippen LogP contribution in [0.3, 0.4) is 0 Å². The molecular weight excluding hydrogens is 325 g/mol. The number of amides is 1. The molecule has 1 amide bonds. The molecule has 2 saturated heterocycles. The lowest BCUT2D eigenvalue weighted by Gasteiger charge is -2.37. The molecule has 22 heavy (non-hydrogen) atoms. The Bertz CT molecular complexity index is 448. The van der Waals surface area contributed by atoms with Crippen LogP contribution in [0.4, 0.5) is 5.82 Å². The fourth-order valence-electron chi connectivity index (χ4n) is 2.89. The highest BCUT2D eigenvalue weighted by molar-refractivity contribution is 5.85. The Hall–Kier alpha value is -1.11. The molecule has 1 N–H and O–H groups in total. The van der Waals surface area contributed by atoms with Crippen LogP contribution in [0.2, 0.25) is 0 Å². The fourth-order valence-corrected chi connectivity index (χ4v) is 2.89. The van der Waals surface area contributed by atoms with Crippen molar-refractivity contribution in [1.29, 1.82) is 0 Å². The molecule has 3 heterocycles. The second-order valence-corrected chi connectivity index (χ2v) is 5.38. The van der Waals surface area contributed by atoms with Crippen LogP contribution in [-0.4, -0.2) is 59.5 Å². The number of anilines is 1. The molecule has 2 aliphatic rings. The average molecular weight is 348 g/mol. The number of carbonyl (C=O) groups excluding carboxylic acids is 1. The van der Waals surface area contributed by atoms with E-state index in [4.69, 9.17) is 0 Å². The topological polar surface area (TPSA) is 61.4 Å². The van der Waals surface area contributed by atoms with Crippen molar-refractivity contribution in [3.05, 3.63) is 18.6 Å². The summed E-state index contributed by atoms with van der Waals surface area (Å²) in [4.78, 5) is 25.0. The van der Waals surface area contributed by atoms with Gasteiger partial charge in [-0.1, -0.05) is 6.42 Å². The standard InChI is InChI=1S/C14H21N5O.2ClH/c20-14(12-3-1-2-4-16-12)19-9-7-18(8-10-19)13-11-15-5-6-17-13;;/h5-6,11-12,16H,1-4,7-10H2;2*1H/t12-;;/m0../s1. The maximum atomic E-state index is 12.4. The lowest BCUT2D eigenvalue weighted by Crippen LogP contribution is -2.55. The van der Waals surface area contributed by atoms with Gasteiger partial charge in [0.05, 0.1) is 12.2 Å². The van der Waals surface area contributed by atoms with Crippen molar-refractivity contribution in [2.45, 2.75) is 25.3 Å². The van der Waals surface area contributed by atoms with Crippen LogP contribution >= 0.6 is 24.8 Å². The summed E-state index contributed by atoms with van der Waals surface area (Å²) in [5, 5.41) is 3.33. The van der Waals surface area contributed by atoms with E-state index < -0.39 is 0 Å². The molecule has 0 unspecified atom stereocenters. The van der Waals surface area contributed by atoms with E-state index in [1.807, 2.05) is 4.90 Å². The second-order valence-electron chi connectivity index (χ2n) is 5.38. The van der Waals surface area contributed by atoms with Crippen LogP contribution in [0.5, 0.6) is 0 Å². The summed E-state index contributed by atoms with van der Waals surface area (Å²) in [6.07, 6.45) is 8.48. The zero-order chi connectivity index (χ0) is 13.8. The molecule has 3 rings (SSSR count). The Morgan fingerprint density at radius 3 is 2.50 bits per heavy atom. The van der Waals surface area contributed by atoms with Crippen molar-refractivity contribution in [3.8, 4) is 0 Å². The molecule has 124 valence electrons. The zero-order valence-electron chi connectivity index (χ0n) is 12.5. The highest BCUT2D eigenvalue weighted by atomic mass is 35.5. The summed E-state index contributed by atoms with van der Waals surface area (Å²) in [6, 6.07) is 0.0341. The van der Waals surface area contributed by atoms with Crippen molar-refractivity contribution in [3.63, 3.8) is 0 Å². The van der Waals surface area contributed by atoms with Gasteiger partial charge in [0.15, 0.2) is 0 Å². The Labute approximate surface area is 143 Å². The normalized spacial score (nSPS) is 21.5. The monoisotopic (exact) mass is 347 g/mol. The second kappa shape index (κ2) is 9.12. The van der Waals surface area contributed by atoms with E-state index in [9.17, 15) is 4.79 Å². The smallest absolute Gasteiger partial charge is 0.239 e. The molecule has 0 radical (unpaired) electrons. The van der Waals surface area contributed by atoms with Gasteiger partial charge in [-0.05, 0) is 19.4 Å². The van der Waals surface area contributed by atoms with Crippen LogP contribution in [-0.2, 0) is 4.79 Å². The molecule has 2 fully saturated rings. The Balaban J connectivity index is 0.00000121. The lowest BCUT2D eigenvalue weighted by molar-refractivity contribution is -0.134. The van der Waals surface area contributed by atoms with E-state index in [2.05, 4.69) is 20.2 Å². The van der Waals surface area contributed by atoms with E-state index in [-0.39, 0.29) is 36.8 Å². The van der Waals surface area contributed by atoms with Gasteiger partial charge >= 0.3 is 0 Å². The van der Waals surface area contributed by atoms with Crippen molar-refractivity contribution in [2.75, 3.05) is 37.6 Å². The summed E-state index contributed by atoms with van der Waals surface area (Å²) in [5.41, 5.74) is 0. The Morgan fingerprint density at radius 2 is 1.91 bits per heavy atom. The maximum Gasteiger partial charge on any atom is 0.239 e. The predicted octanol–water partition coefficient (Wildman–Crippen LogP) is 1.11. The molecule has 0 aromatic carbocycles. The van der Waals surface area contributed by atoms with Gasteiger partial charge in [-0.25, -0.2) is 4.98 Å². The van der Waals surface area contributed by atoms with Gasteiger partial charge in [-0.3, -0.25) is 9.78 Å². The summed E-state index contributed by atoms with van der Waals surface area (Å²) >= 11 is 0. The summed E-state index contributed by atoms with van der Waals surface area (Å²) in [5.74, 6) is 1.17. The van der Waals surface area contributed by atoms with Crippen LogP contribution < -0.4 is 10.2 Å². The maximum absolute atomic E-state index is 12.4. The van der Waals surface area contributed by atoms with Gasteiger partial charge in [-0.2, -0.15) is 0 Å². The van der Waals surface area contributed by atoms with E-state index >= 15 is 0 Å². The fraction of sp³-hybridized carbons (Fsp3) is 0.643. The molecule has 1 aromatic rings. The van der Waals surface area contributed by atoms with Crippen molar-refractivity contribution in [1.82, 2.24) is 20.2 Å². The quantitative estimate of drug-likeness (QED) is 0.868. The third-order valence-corrected chi connectivity index (χ3v) is 4.07. The van der Waals surface area contributed by atoms with E-state index in [0.717, 1.165) is 51.4 Å². The minimum absolute atomic E-state index is 0. The van der Waals surface area contributed by atoms with E-state index in [0.29, 0.717) is 0 Å². The molecule has 2 aliphatic heterocycles. The third-order valence-electron chi connectivity index (χ3n) is 4.07. The SMILES string of the molecule is Cl.Cl.O=C([C@@H]1CCCCN1)N1CCN(c2cnccn2)CC1. The van der Waals surface area contributed by atoms with E-state index in [1.165, 1.54) is 6.42 Å². The van der Waals surface area contributed by atoms with Crippen LogP contribution in [0.1, 0.15) is 19.3 Å². The molecule has 0 aliphatic carbocycles. The predicted molar refractivity (Wildman–Crippen MR) is 91.0 cm³/mol. The van der Waals surface area contributed by atoms with Crippen molar-refractivity contribution >= 4 is 36.5 Å². The lowest BCUT2D eigenvalue weighted by atomic mass is 10.0. The van der Waals surface area contributed by atoms with Gasteiger partial charge in [0.25, 0.3) is 0 Å². The van der Waals surface area contributed by atoms with Gasteiger partial charge in [0.1, 0.15) is 5.82 Å². The number of piperazine rings is 1. The minimum atomic E-state index is 0. The summed E-state index contributed by atoms with van der Waals surface area (Å²) < 4.78 is 0. The third kappa shape index (κ3) is 4.44. The van der Waals surface area contributed by atoms with Gasteiger partial charge in [-0.15, -0.1) is 24.8 Å². The largest absolute Gasteiger partial charge is 0.352 e. The van der Waals surface area contributed by atoms with Gasteiger partial charge < -0.3 is 15.1 Å². The van der Waals surface area contributed by atoms with Crippen LogP contribution in [0.15, 0.2) is 18.6 Å². The summed E-state index contributed by atoms with van der Waals surface area (Å²) in [6.45, 7) is 4.17. The number of hydrogen-bond acceptors (Lipinski definition) is 5. The first-order chi connectivity index (χ1) is 9.84. The highest BCUT2D eigenvalue weighted by Gasteiger charge is 2.28. The van der Waals surface area contributed by atoms with Gasteiger partial charge in [0, 0.05) is 38.6 Å². The van der Waals surface area contributed by atoms with Crippen LogP contribution in [0, 0.1) is 0 Å². The number of nitrogens with one attached hydrogen (secondary N) is 1. The average Bonchev–Trinajstić information content (AvgIpc) is 2.56. The first kappa shape index (κ1) is 18.9. The van der Waals surface area contributed by atoms with Crippen molar-refractivity contribution in [2.24, 2.45) is 0 Å². The first-order valence-electron chi connectivity index (χ1n) is 7.38. The number of halogens is 2. The van der Waals surface area contributed by atoms with Gasteiger partial charge in [0.2, 0.25) is 5.91 Å². The number of piperidine rings is 1.